The minimum atomic E-state index is -1.98. The molecule has 0 spiro atoms. The summed E-state index contributed by atoms with van der Waals surface area (Å²) in [7, 11) is 0. The SMILES string of the molecule is CCCCCCC/C=C\C/C=C\CCCCCCCCCCCCCCCC(=O)NC(COC1OC(CO)C(OC2OC(CO)C(OC3OC(CO)C(O)C(O)C3O)C(O)C2O)C(O)C1O)C(O)/C=C/CCCCCCCCCCCCCCCCCCCCCCCC. The van der Waals surface area contributed by atoms with E-state index in [2.05, 4.69) is 43.5 Å². The van der Waals surface area contributed by atoms with Gasteiger partial charge < -0.3 is 89.9 Å². The Labute approximate surface area is 568 Å². The van der Waals surface area contributed by atoms with Crippen molar-refractivity contribution < 1.29 is 89.4 Å². The highest BCUT2D eigenvalue weighted by atomic mass is 16.8. The predicted octanol–water partition coefficient (Wildman–Crippen LogP) is 11.6. The van der Waals surface area contributed by atoms with E-state index in [-0.39, 0.29) is 18.9 Å². The Morgan fingerprint density at radius 1 is 0.383 bits per heavy atom. The fraction of sp³-hybridized carbons (Fsp3) is 0.907. The molecule has 94 heavy (non-hydrogen) atoms. The van der Waals surface area contributed by atoms with Gasteiger partial charge in [0.1, 0.15) is 73.2 Å². The molecule has 3 fully saturated rings. The molecule has 0 radical (unpaired) electrons. The highest BCUT2D eigenvalue weighted by Gasteiger charge is 2.53. The second kappa shape index (κ2) is 56.7. The lowest BCUT2D eigenvalue weighted by atomic mass is 9.96. The number of hydrogen-bond donors (Lipinski definition) is 12. The van der Waals surface area contributed by atoms with Gasteiger partial charge in [-0.2, -0.15) is 0 Å². The minimum Gasteiger partial charge on any atom is -0.394 e. The Morgan fingerprint density at radius 2 is 0.702 bits per heavy atom. The Hall–Kier alpha value is -1.99. The summed E-state index contributed by atoms with van der Waals surface area (Å²) in [5, 5.41) is 121. The predicted molar refractivity (Wildman–Crippen MR) is 369 cm³/mol. The van der Waals surface area contributed by atoms with Crippen molar-refractivity contribution in [3.63, 3.8) is 0 Å². The van der Waals surface area contributed by atoms with Crippen molar-refractivity contribution in [2.75, 3.05) is 26.4 Å². The van der Waals surface area contributed by atoms with Gasteiger partial charge in [0.15, 0.2) is 18.9 Å². The van der Waals surface area contributed by atoms with Crippen LogP contribution >= 0.6 is 0 Å². The topological polar surface area (TPSA) is 307 Å². The molecule has 552 valence electrons. The molecular weight excluding hydrogens is 1200 g/mol. The number of unbranched alkanes of at least 4 members (excludes halogenated alkanes) is 40. The maximum atomic E-state index is 13.5. The summed E-state index contributed by atoms with van der Waals surface area (Å²) >= 11 is 0. The highest BCUT2D eigenvalue weighted by Crippen LogP contribution is 2.33. The van der Waals surface area contributed by atoms with Gasteiger partial charge in [-0.3, -0.25) is 4.79 Å². The molecule has 0 aromatic heterocycles. The number of hydrogen-bond acceptors (Lipinski definition) is 18. The molecule has 17 unspecified atom stereocenters. The molecule has 3 aliphatic rings. The normalized spacial score (nSPS) is 27.5. The van der Waals surface area contributed by atoms with Crippen LogP contribution in [0.3, 0.4) is 0 Å². The van der Waals surface area contributed by atoms with E-state index < -0.39 is 124 Å². The monoisotopic (exact) mass is 1340 g/mol. The summed E-state index contributed by atoms with van der Waals surface area (Å²) in [5.74, 6) is -0.273. The van der Waals surface area contributed by atoms with Gasteiger partial charge in [0.25, 0.3) is 0 Å². The van der Waals surface area contributed by atoms with Crippen molar-refractivity contribution in [1.82, 2.24) is 5.32 Å². The van der Waals surface area contributed by atoms with Crippen LogP contribution in [0.15, 0.2) is 36.5 Å². The number of amides is 1. The Balaban J connectivity index is 1.41. The summed E-state index contributed by atoms with van der Waals surface area (Å²) in [6.07, 6.45) is 41.1. The van der Waals surface area contributed by atoms with E-state index in [0.717, 1.165) is 51.4 Å². The molecule has 1 amide bonds. The summed E-state index contributed by atoms with van der Waals surface area (Å²) in [5.41, 5.74) is 0. The van der Waals surface area contributed by atoms with Gasteiger partial charge in [-0.05, 0) is 51.4 Å². The summed E-state index contributed by atoms with van der Waals surface area (Å²) in [4.78, 5) is 13.5. The zero-order chi connectivity index (χ0) is 68.2. The molecule has 3 saturated heterocycles. The number of carbonyl (C=O) groups is 1. The van der Waals surface area contributed by atoms with Gasteiger partial charge in [0.05, 0.1) is 38.6 Å². The number of allylic oxidation sites excluding steroid dienone is 5. The van der Waals surface area contributed by atoms with Crippen molar-refractivity contribution >= 4 is 5.91 Å². The number of aliphatic hydroxyl groups is 11. The average molecular weight is 1340 g/mol. The number of carbonyl (C=O) groups excluding carboxylic acids is 1. The molecule has 17 atom stereocenters. The molecule has 19 heteroatoms. The van der Waals surface area contributed by atoms with E-state index in [1.807, 2.05) is 6.08 Å². The molecule has 0 aliphatic carbocycles. The lowest BCUT2D eigenvalue weighted by Gasteiger charge is -2.48. The van der Waals surface area contributed by atoms with Crippen molar-refractivity contribution in [2.45, 2.75) is 407 Å². The zero-order valence-corrected chi connectivity index (χ0v) is 58.7. The summed E-state index contributed by atoms with van der Waals surface area (Å²) in [6, 6.07) is -0.974. The van der Waals surface area contributed by atoms with E-state index in [9.17, 15) is 61.0 Å². The highest BCUT2D eigenvalue weighted by molar-refractivity contribution is 5.76. The van der Waals surface area contributed by atoms with Crippen LogP contribution in [-0.2, 0) is 33.2 Å². The second-order valence-electron chi connectivity index (χ2n) is 27.5. The molecule has 0 bridgehead atoms. The maximum Gasteiger partial charge on any atom is 0.220 e. The molecule has 0 saturated carbocycles. The lowest BCUT2D eigenvalue weighted by molar-refractivity contribution is -0.379. The first-order valence-corrected chi connectivity index (χ1v) is 38.2. The van der Waals surface area contributed by atoms with E-state index in [0.29, 0.717) is 6.42 Å². The molecule has 3 rings (SSSR count). The summed E-state index contributed by atoms with van der Waals surface area (Å²) in [6.45, 7) is 1.77. The first-order chi connectivity index (χ1) is 45.8. The van der Waals surface area contributed by atoms with Crippen molar-refractivity contribution in [2.24, 2.45) is 0 Å². The van der Waals surface area contributed by atoms with Crippen LogP contribution < -0.4 is 5.32 Å². The number of rotatable bonds is 60. The quantitative estimate of drug-likeness (QED) is 0.0199. The first-order valence-electron chi connectivity index (χ1n) is 38.2. The molecule has 0 aromatic rings. The second-order valence-corrected chi connectivity index (χ2v) is 27.5. The average Bonchev–Trinajstić information content (AvgIpc) is 0.788. The number of ether oxygens (including phenoxy) is 6. The first kappa shape index (κ1) is 86.2. The summed E-state index contributed by atoms with van der Waals surface area (Å²) < 4.78 is 34.4. The van der Waals surface area contributed by atoms with Crippen LogP contribution in [0, 0.1) is 0 Å². The molecule has 12 N–H and O–H groups in total. The van der Waals surface area contributed by atoms with Crippen LogP contribution in [0.5, 0.6) is 0 Å². The van der Waals surface area contributed by atoms with Crippen molar-refractivity contribution in [1.29, 1.82) is 0 Å². The largest absolute Gasteiger partial charge is 0.394 e. The lowest BCUT2D eigenvalue weighted by Crippen LogP contribution is -2.66. The van der Waals surface area contributed by atoms with Gasteiger partial charge >= 0.3 is 0 Å². The maximum absolute atomic E-state index is 13.5. The third-order valence-electron chi connectivity index (χ3n) is 19.2. The van der Waals surface area contributed by atoms with E-state index in [4.69, 9.17) is 28.4 Å². The van der Waals surface area contributed by atoms with Crippen LogP contribution in [-0.4, -0.2) is 193 Å². The standard InChI is InChI=1S/C75H139NO18/c1-3-5-7-9-11-13-15-17-19-21-23-25-27-29-31-33-35-37-39-41-43-45-47-49-51-53-63(81)76-58(59(80)52-50-48-46-44-42-40-38-36-34-32-30-28-26-24-22-20-18-16-14-12-10-8-6-4-2)57-89-73-69(87)66(84)71(61(55-78)91-73)94-75-70(88)67(85)72(62(56-79)92-75)93-74-68(86)65(83)64(82)60(54-77)90-74/h15,17,21,23,50,52,58-62,64-75,77-80,82-88H,3-14,16,18-20,22,24-49,51,53-57H2,1-2H3,(H,76,81)/b17-15-,23-21-,52-50+. The molecule has 19 nitrogen and oxygen atoms in total. The Bertz CT molecular complexity index is 1840. The molecule has 0 aromatic carbocycles. The van der Waals surface area contributed by atoms with Crippen molar-refractivity contribution in [3.8, 4) is 0 Å². The van der Waals surface area contributed by atoms with Gasteiger partial charge in [0.2, 0.25) is 5.91 Å². The van der Waals surface area contributed by atoms with Crippen molar-refractivity contribution in [3.05, 3.63) is 36.5 Å². The van der Waals surface area contributed by atoms with Gasteiger partial charge in [-0.25, -0.2) is 0 Å². The van der Waals surface area contributed by atoms with Gasteiger partial charge in [0, 0.05) is 6.42 Å². The molecular formula is C75H139NO18. The molecule has 3 aliphatic heterocycles. The smallest absolute Gasteiger partial charge is 0.220 e. The van der Waals surface area contributed by atoms with E-state index >= 15 is 0 Å². The fourth-order valence-electron chi connectivity index (χ4n) is 13.0. The van der Waals surface area contributed by atoms with Crippen LogP contribution in [0.4, 0.5) is 0 Å². The third-order valence-corrected chi connectivity index (χ3v) is 19.2. The number of aliphatic hydroxyl groups excluding tert-OH is 11. The third kappa shape index (κ3) is 37.4. The van der Waals surface area contributed by atoms with Crippen LogP contribution in [0.25, 0.3) is 0 Å². The fourth-order valence-corrected chi connectivity index (χ4v) is 13.0. The van der Waals surface area contributed by atoms with Crippen LogP contribution in [0.1, 0.15) is 303 Å². The zero-order valence-electron chi connectivity index (χ0n) is 58.7. The Morgan fingerprint density at radius 3 is 1.09 bits per heavy atom. The van der Waals surface area contributed by atoms with E-state index in [1.54, 1.807) is 6.08 Å². The van der Waals surface area contributed by atoms with Gasteiger partial charge in [-0.15, -0.1) is 0 Å². The van der Waals surface area contributed by atoms with Crippen LogP contribution in [0.2, 0.25) is 0 Å². The Kier molecular flexibility index (Phi) is 52.0. The van der Waals surface area contributed by atoms with E-state index in [1.165, 1.54) is 225 Å². The number of nitrogens with one attached hydrogen (secondary N) is 1. The van der Waals surface area contributed by atoms with Gasteiger partial charge in [-0.1, -0.05) is 281 Å². The molecule has 3 heterocycles. The minimum absolute atomic E-state index is 0.244.